The maximum Gasteiger partial charge on any atom is 0.244 e. The zero-order valence-electron chi connectivity index (χ0n) is 11.7. The minimum atomic E-state index is -0.224. The van der Waals surface area contributed by atoms with E-state index in [-0.39, 0.29) is 11.4 Å². The van der Waals surface area contributed by atoms with E-state index in [9.17, 15) is 4.79 Å². The van der Waals surface area contributed by atoms with Gasteiger partial charge in [-0.05, 0) is 45.9 Å². The van der Waals surface area contributed by atoms with E-state index in [0.717, 1.165) is 16.9 Å². The van der Waals surface area contributed by atoms with Crippen molar-refractivity contribution in [3.05, 3.63) is 35.4 Å². The van der Waals surface area contributed by atoms with Crippen LogP contribution in [0.3, 0.4) is 0 Å². The molecule has 0 spiro atoms. The Balaban J connectivity index is 2.84. The monoisotopic (exact) mass is 247 g/mol. The molecule has 3 nitrogen and oxygen atoms in total. The van der Waals surface area contributed by atoms with E-state index in [4.69, 9.17) is 4.74 Å². The second-order valence-electron chi connectivity index (χ2n) is 5.32. The molecule has 0 saturated carbocycles. The SMILES string of the molecule is COc1ccc(C)cc1/C=C/C(=O)NC(C)(C)C. The van der Waals surface area contributed by atoms with Crippen LogP contribution in [0.25, 0.3) is 6.08 Å². The molecule has 1 amide bonds. The van der Waals surface area contributed by atoms with Crippen molar-refractivity contribution >= 4 is 12.0 Å². The fourth-order valence-corrected chi connectivity index (χ4v) is 1.56. The number of methoxy groups -OCH3 is 1. The van der Waals surface area contributed by atoms with Crippen LogP contribution in [-0.2, 0) is 4.79 Å². The third kappa shape index (κ3) is 4.62. The van der Waals surface area contributed by atoms with Crippen LogP contribution in [0, 0.1) is 6.92 Å². The Hall–Kier alpha value is -1.77. The second kappa shape index (κ2) is 5.71. The van der Waals surface area contributed by atoms with Crippen LogP contribution in [-0.4, -0.2) is 18.6 Å². The highest BCUT2D eigenvalue weighted by atomic mass is 16.5. The first kappa shape index (κ1) is 14.3. The van der Waals surface area contributed by atoms with Gasteiger partial charge in [0.15, 0.2) is 0 Å². The summed E-state index contributed by atoms with van der Waals surface area (Å²) in [7, 11) is 1.62. The maximum absolute atomic E-state index is 11.7. The molecule has 0 radical (unpaired) electrons. The lowest BCUT2D eigenvalue weighted by molar-refractivity contribution is -0.117. The molecule has 0 heterocycles. The van der Waals surface area contributed by atoms with Crippen LogP contribution < -0.4 is 10.1 Å². The van der Waals surface area contributed by atoms with Crippen molar-refractivity contribution in [2.24, 2.45) is 0 Å². The molecule has 1 aromatic rings. The highest BCUT2D eigenvalue weighted by molar-refractivity contribution is 5.92. The summed E-state index contributed by atoms with van der Waals surface area (Å²) in [5, 5.41) is 2.87. The number of amides is 1. The van der Waals surface area contributed by atoms with Gasteiger partial charge in [0.05, 0.1) is 7.11 Å². The van der Waals surface area contributed by atoms with Gasteiger partial charge in [-0.3, -0.25) is 4.79 Å². The Kier molecular flexibility index (Phi) is 4.54. The molecule has 0 aliphatic rings. The molecule has 0 aromatic heterocycles. The summed E-state index contributed by atoms with van der Waals surface area (Å²) in [6.45, 7) is 7.86. The van der Waals surface area contributed by atoms with Crippen molar-refractivity contribution in [3.63, 3.8) is 0 Å². The van der Waals surface area contributed by atoms with Gasteiger partial charge in [0.25, 0.3) is 0 Å². The van der Waals surface area contributed by atoms with Crippen molar-refractivity contribution in [1.29, 1.82) is 0 Å². The first-order valence-electron chi connectivity index (χ1n) is 5.97. The Bertz CT molecular complexity index is 456. The molecule has 1 rings (SSSR count). The van der Waals surface area contributed by atoms with E-state index in [1.807, 2.05) is 45.9 Å². The van der Waals surface area contributed by atoms with Crippen molar-refractivity contribution < 1.29 is 9.53 Å². The summed E-state index contributed by atoms with van der Waals surface area (Å²) >= 11 is 0. The summed E-state index contributed by atoms with van der Waals surface area (Å²) in [6.07, 6.45) is 3.30. The highest BCUT2D eigenvalue weighted by Crippen LogP contribution is 2.20. The second-order valence-corrected chi connectivity index (χ2v) is 5.32. The van der Waals surface area contributed by atoms with Crippen molar-refractivity contribution in [2.45, 2.75) is 33.2 Å². The van der Waals surface area contributed by atoms with Gasteiger partial charge in [0.1, 0.15) is 5.75 Å². The fraction of sp³-hybridized carbons (Fsp3) is 0.400. The molecule has 1 aromatic carbocycles. The molecule has 1 N–H and O–H groups in total. The molecule has 0 aliphatic carbocycles. The number of hydrogen-bond acceptors (Lipinski definition) is 2. The van der Waals surface area contributed by atoms with Gasteiger partial charge in [0, 0.05) is 17.2 Å². The van der Waals surface area contributed by atoms with E-state index in [1.165, 1.54) is 6.08 Å². The number of benzene rings is 1. The number of carbonyl (C=O) groups is 1. The minimum absolute atomic E-state index is 0.106. The molecule has 18 heavy (non-hydrogen) atoms. The Morgan fingerprint density at radius 2 is 2.00 bits per heavy atom. The summed E-state index contributed by atoms with van der Waals surface area (Å²) in [4.78, 5) is 11.7. The normalized spacial score (nSPS) is 11.6. The smallest absolute Gasteiger partial charge is 0.244 e. The molecule has 0 bridgehead atoms. The fourth-order valence-electron chi connectivity index (χ4n) is 1.56. The minimum Gasteiger partial charge on any atom is -0.496 e. The van der Waals surface area contributed by atoms with Crippen molar-refractivity contribution in [3.8, 4) is 5.75 Å². The molecule has 0 fully saturated rings. The Morgan fingerprint density at radius 1 is 1.33 bits per heavy atom. The van der Waals surface area contributed by atoms with E-state index >= 15 is 0 Å². The predicted octanol–water partition coefficient (Wildman–Crippen LogP) is 2.93. The third-order valence-corrected chi connectivity index (χ3v) is 2.30. The average Bonchev–Trinajstić information content (AvgIpc) is 2.24. The van der Waals surface area contributed by atoms with Crippen LogP contribution in [0.2, 0.25) is 0 Å². The lowest BCUT2D eigenvalue weighted by Gasteiger charge is -2.19. The molecule has 98 valence electrons. The number of hydrogen-bond donors (Lipinski definition) is 1. The summed E-state index contributed by atoms with van der Waals surface area (Å²) in [6, 6.07) is 5.86. The van der Waals surface area contributed by atoms with Crippen LogP contribution in [0.5, 0.6) is 5.75 Å². The number of rotatable bonds is 3. The number of ether oxygens (including phenoxy) is 1. The standard InChI is InChI=1S/C15H21NO2/c1-11-6-8-13(18-5)12(10-11)7-9-14(17)16-15(2,3)4/h6-10H,1-5H3,(H,16,17)/b9-7+. The van der Waals surface area contributed by atoms with Gasteiger partial charge in [0.2, 0.25) is 5.91 Å². The van der Waals surface area contributed by atoms with Crippen LogP contribution >= 0.6 is 0 Å². The van der Waals surface area contributed by atoms with E-state index in [2.05, 4.69) is 5.32 Å². The average molecular weight is 247 g/mol. The van der Waals surface area contributed by atoms with Gasteiger partial charge >= 0.3 is 0 Å². The summed E-state index contributed by atoms with van der Waals surface area (Å²) in [5.41, 5.74) is 1.81. The predicted molar refractivity (Wildman–Crippen MR) is 74.7 cm³/mol. The maximum atomic E-state index is 11.7. The van der Waals surface area contributed by atoms with Crippen LogP contribution in [0.1, 0.15) is 31.9 Å². The zero-order chi connectivity index (χ0) is 13.8. The Morgan fingerprint density at radius 3 is 2.56 bits per heavy atom. The quantitative estimate of drug-likeness (QED) is 0.834. The van der Waals surface area contributed by atoms with Gasteiger partial charge in [-0.1, -0.05) is 11.6 Å². The largest absolute Gasteiger partial charge is 0.496 e. The van der Waals surface area contributed by atoms with Gasteiger partial charge in [-0.2, -0.15) is 0 Å². The summed E-state index contributed by atoms with van der Waals surface area (Å²) in [5.74, 6) is 0.659. The van der Waals surface area contributed by atoms with Gasteiger partial charge in [-0.25, -0.2) is 0 Å². The van der Waals surface area contributed by atoms with Crippen LogP contribution in [0.15, 0.2) is 24.3 Å². The third-order valence-electron chi connectivity index (χ3n) is 2.30. The highest BCUT2D eigenvalue weighted by Gasteiger charge is 2.11. The van der Waals surface area contributed by atoms with Gasteiger partial charge in [-0.15, -0.1) is 0 Å². The van der Waals surface area contributed by atoms with Gasteiger partial charge < -0.3 is 10.1 Å². The molecular weight excluding hydrogens is 226 g/mol. The number of aryl methyl sites for hydroxylation is 1. The van der Waals surface area contributed by atoms with E-state index < -0.39 is 0 Å². The zero-order valence-corrected chi connectivity index (χ0v) is 11.7. The molecule has 3 heteroatoms. The van der Waals surface area contributed by atoms with E-state index in [1.54, 1.807) is 13.2 Å². The lowest BCUT2D eigenvalue weighted by atomic mass is 10.1. The molecule has 0 aliphatic heterocycles. The van der Waals surface area contributed by atoms with Crippen LogP contribution in [0.4, 0.5) is 0 Å². The van der Waals surface area contributed by atoms with Crippen molar-refractivity contribution in [1.82, 2.24) is 5.32 Å². The molecular formula is C15H21NO2. The van der Waals surface area contributed by atoms with E-state index in [0.29, 0.717) is 0 Å². The molecule has 0 saturated heterocycles. The first-order chi connectivity index (χ1) is 8.31. The lowest BCUT2D eigenvalue weighted by Crippen LogP contribution is -2.39. The number of carbonyl (C=O) groups excluding carboxylic acids is 1. The van der Waals surface area contributed by atoms with Crippen molar-refractivity contribution in [2.75, 3.05) is 7.11 Å². The first-order valence-corrected chi connectivity index (χ1v) is 5.97. The molecule has 0 atom stereocenters. The Labute approximate surface area is 109 Å². The summed E-state index contributed by atoms with van der Waals surface area (Å²) < 4.78 is 5.25. The topological polar surface area (TPSA) is 38.3 Å². The molecule has 0 unspecified atom stereocenters. The number of nitrogens with one attached hydrogen (secondary N) is 1.